The van der Waals surface area contributed by atoms with Crippen LogP contribution in [0.5, 0.6) is 0 Å². The van der Waals surface area contributed by atoms with Crippen molar-refractivity contribution in [2.45, 2.75) is 66.2 Å². The molecule has 0 bridgehead atoms. The van der Waals surface area contributed by atoms with Gasteiger partial charge >= 0.3 is 0 Å². The largest absolute Gasteiger partial charge is 0.416 e. The highest BCUT2D eigenvalue weighted by Gasteiger charge is 2.20. The maximum atomic E-state index is 6.27. The van der Waals surface area contributed by atoms with E-state index in [1.54, 1.807) is 0 Å². The summed E-state index contributed by atoms with van der Waals surface area (Å²) in [5, 5.41) is 20.1. The summed E-state index contributed by atoms with van der Waals surface area (Å²) in [5.74, 6) is 8.86. The van der Waals surface area contributed by atoms with Gasteiger partial charge < -0.3 is 13.4 Å². The molecule has 324 valence electrons. The average Bonchev–Trinajstić information content (AvgIpc) is 4.10. The predicted octanol–water partition coefficient (Wildman–Crippen LogP) is 15.2. The summed E-state index contributed by atoms with van der Waals surface area (Å²) in [6.45, 7) is 17.5. The van der Waals surface area contributed by atoms with Gasteiger partial charge in [0.15, 0.2) is 0 Å². The van der Waals surface area contributed by atoms with E-state index in [2.05, 4.69) is 226 Å². The van der Waals surface area contributed by atoms with Crippen molar-refractivity contribution in [2.24, 2.45) is 5.92 Å². The molecule has 7 heteroatoms. The zero-order valence-electron chi connectivity index (χ0n) is 38.6. The molecule has 0 saturated heterocycles. The number of benzene rings is 7. The molecule has 7 aromatic carbocycles. The highest BCUT2D eigenvalue weighted by atomic mass is 16.4. The maximum absolute atomic E-state index is 6.27. The van der Waals surface area contributed by atoms with Gasteiger partial charge in [0, 0.05) is 50.2 Å². The number of hydrogen-bond acceptors (Lipinski definition) is 6. The lowest BCUT2D eigenvalue weighted by Crippen LogP contribution is -2.10. The number of aromatic nitrogens is 5. The third-order valence-electron chi connectivity index (χ3n) is 12.1. The van der Waals surface area contributed by atoms with Crippen LogP contribution in [-0.2, 0) is 10.8 Å². The van der Waals surface area contributed by atoms with Gasteiger partial charge in [-0.1, -0.05) is 128 Å². The summed E-state index contributed by atoms with van der Waals surface area (Å²) < 4.78 is 14.9. The van der Waals surface area contributed by atoms with Crippen molar-refractivity contribution < 1.29 is 8.83 Å². The molecule has 66 heavy (non-hydrogen) atoms. The molecule has 0 amide bonds. The van der Waals surface area contributed by atoms with Crippen LogP contribution in [0.2, 0.25) is 0 Å². The average molecular weight is 862 g/mol. The van der Waals surface area contributed by atoms with Crippen molar-refractivity contribution in [1.82, 2.24) is 25.0 Å². The lowest BCUT2D eigenvalue weighted by molar-refractivity contribution is 0.582. The third kappa shape index (κ3) is 8.34. The molecule has 0 aliphatic heterocycles. The summed E-state index contributed by atoms with van der Waals surface area (Å²) in [4.78, 5) is 0. The number of hydrogen-bond donors (Lipinski definition) is 0. The fourth-order valence-corrected chi connectivity index (χ4v) is 8.38. The molecule has 7 nitrogen and oxygen atoms in total. The first kappa shape index (κ1) is 42.1. The first-order valence-corrected chi connectivity index (χ1v) is 22.6. The molecule has 10 aromatic rings. The van der Waals surface area contributed by atoms with Crippen molar-refractivity contribution in [3.8, 4) is 85.6 Å². The van der Waals surface area contributed by atoms with Crippen LogP contribution in [0.25, 0.3) is 95.6 Å². The minimum absolute atomic E-state index is 0.0575. The van der Waals surface area contributed by atoms with Gasteiger partial charge in [-0.2, -0.15) is 0 Å². The topological polar surface area (TPSA) is 82.8 Å². The third-order valence-corrected chi connectivity index (χ3v) is 12.1. The summed E-state index contributed by atoms with van der Waals surface area (Å²) in [6.07, 6.45) is 0. The fourth-order valence-electron chi connectivity index (χ4n) is 8.38. The smallest absolute Gasteiger partial charge is 0.248 e. The van der Waals surface area contributed by atoms with Gasteiger partial charge in [-0.3, -0.25) is 0 Å². The zero-order valence-corrected chi connectivity index (χ0v) is 38.6. The molecule has 0 radical (unpaired) electrons. The summed E-state index contributed by atoms with van der Waals surface area (Å²) >= 11 is 0. The number of fused-ring (bicyclic) bond motifs is 3. The van der Waals surface area contributed by atoms with Crippen LogP contribution in [0.3, 0.4) is 0 Å². The highest BCUT2D eigenvalue weighted by molar-refractivity contribution is 6.11. The van der Waals surface area contributed by atoms with Gasteiger partial charge in [-0.05, 0) is 141 Å². The molecule has 0 fully saturated rings. The monoisotopic (exact) mass is 861 g/mol. The maximum Gasteiger partial charge on any atom is 0.248 e. The van der Waals surface area contributed by atoms with E-state index < -0.39 is 0 Å². The molecule has 0 saturated carbocycles. The number of nitrogens with zero attached hydrogens (tertiary/aromatic N) is 5. The Morgan fingerprint density at radius 2 is 0.803 bits per heavy atom. The Morgan fingerprint density at radius 3 is 1.21 bits per heavy atom. The second-order valence-electron chi connectivity index (χ2n) is 19.4. The first-order valence-electron chi connectivity index (χ1n) is 22.6. The Kier molecular flexibility index (Phi) is 10.6. The van der Waals surface area contributed by atoms with Crippen LogP contribution in [-0.4, -0.2) is 25.0 Å². The normalized spacial score (nSPS) is 12.0. The Hall–Kier alpha value is -7.82. The lowest BCUT2D eigenvalue weighted by Gasteiger charge is -2.18. The fraction of sp³-hybridized carbons (Fsp3) is 0.186. The summed E-state index contributed by atoms with van der Waals surface area (Å²) in [7, 11) is 0. The van der Waals surface area contributed by atoms with Crippen molar-refractivity contribution in [2.75, 3.05) is 0 Å². The van der Waals surface area contributed by atoms with Crippen LogP contribution < -0.4 is 0 Å². The second kappa shape index (κ2) is 16.6. The van der Waals surface area contributed by atoms with Gasteiger partial charge in [-0.25, -0.2) is 0 Å². The van der Waals surface area contributed by atoms with E-state index in [1.165, 1.54) is 11.1 Å². The van der Waals surface area contributed by atoms with Crippen LogP contribution in [0.4, 0.5) is 0 Å². The zero-order chi connectivity index (χ0) is 45.7. The van der Waals surface area contributed by atoms with Crippen molar-refractivity contribution in [3.63, 3.8) is 0 Å². The molecule has 0 aliphatic carbocycles. The molecule has 0 aliphatic rings. The standard InChI is InChI=1S/C59H51N5O2/c1-37(2)15-16-38-17-29-49(30-18-38)64-52-31-23-43(41-11-9-13-45(33-41)56-62-60-54(65-56)39-19-25-47(26-20-39)58(3,4)5)35-50(52)51-36-44(24-32-53(51)64)42-12-10-14-46(34-42)57-63-61-55(66-57)40-21-27-48(28-22-40)59(6,7)8/h9-14,17-37H,1-8H3. The Morgan fingerprint density at radius 1 is 0.424 bits per heavy atom. The predicted molar refractivity (Wildman–Crippen MR) is 268 cm³/mol. The Balaban J connectivity index is 1.02. The molecule has 3 aromatic heterocycles. The van der Waals surface area contributed by atoms with Gasteiger partial charge in [0.05, 0.1) is 11.0 Å². The Labute approximate surface area is 386 Å². The van der Waals surface area contributed by atoms with E-state index >= 15 is 0 Å². The Bertz CT molecular complexity index is 3260. The van der Waals surface area contributed by atoms with E-state index in [-0.39, 0.29) is 10.8 Å². The minimum atomic E-state index is 0.0575. The molecule has 0 atom stereocenters. The van der Waals surface area contributed by atoms with E-state index in [0.717, 1.165) is 77.6 Å². The minimum Gasteiger partial charge on any atom is -0.416 e. The van der Waals surface area contributed by atoms with E-state index in [4.69, 9.17) is 8.83 Å². The lowest BCUT2D eigenvalue weighted by atomic mass is 9.87. The van der Waals surface area contributed by atoms with Crippen LogP contribution >= 0.6 is 0 Å². The molecule has 10 rings (SSSR count). The SMILES string of the molecule is CC(C)C#Cc1ccc(-n2c3ccc(-c4cccc(-c5nnc(-c6ccc(C(C)(C)C)cc6)o5)c4)cc3c3cc(-c4cccc(-c5nnc(-c6ccc(C(C)(C)C)cc6)o5)c4)ccc32)cc1. The van der Waals surface area contributed by atoms with E-state index in [1.807, 2.05) is 24.3 Å². The van der Waals surface area contributed by atoms with Gasteiger partial charge in [-0.15, -0.1) is 20.4 Å². The number of rotatable bonds is 7. The van der Waals surface area contributed by atoms with Gasteiger partial charge in [0.2, 0.25) is 23.6 Å². The highest BCUT2D eigenvalue weighted by Crippen LogP contribution is 2.39. The summed E-state index contributed by atoms with van der Waals surface area (Å²) in [5.41, 5.74) is 14.6. The first-order chi connectivity index (χ1) is 31.7. The molecular weight excluding hydrogens is 811 g/mol. The van der Waals surface area contributed by atoms with Crippen LogP contribution in [0.1, 0.15) is 72.1 Å². The molecular formula is C59H51N5O2. The second-order valence-corrected chi connectivity index (χ2v) is 19.4. The van der Waals surface area contributed by atoms with Crippen LogP contribution in [0, 0.1) is 17.8 Å². The quantitative estimate of drug-likeness (QED) is 0.148. The summed E-state index contributed by atoms with van der Waals surface area (Å²) in [6, 6.07) is 55.3. The van der Waals surface area contributed by atoms with Crippen molar-refractivity contribution in [3.05, 3.63) is 174 Å². The van der Waals surface area contributed by atoms with Crippen molar-refractivity contribution in [1.29, 1.82) is 0 Å². The molecule has 0 unspecified atom stereocenters. The molecule has 0 spiro atoms. The van der Waals surface area contributed by atoms with Gasteiger partial charge in [0.1, 0.15) is 0 Å². The van der Waals surface area contributed by atoms with Crippen molar-refractivity contribution >= 4 is 21.8 Å². The van der Waals surface area contributed by atoms with Gasteiger partial charge in [0.25, 0.3) is 0 Å². The molecule has 3 heterocycles. The van der Waals surface area contributed by atoms with E-state index in [9.17, 15) is 0 Å². The molecule has 0 N–H and O–H groups in total. The van der Waals surface area contributed by atoms with E-state index in [0.29, 0.717) is 29.5 Å². The van der Waals surface area contributed by atoms with Crippen LogP contribution in [0.15, 0.2) is 167 Å².